The molecule has 0 saturated carbocycles. The number of anilines is 1. The van der Waals surface area contributed by atoms with Crippen molar-refractivity contribution in [1.82, 2.24) is 19.6 Å². The van der Waals surface area contributed by atoms with E-state index in [1.54, 1.807) is 17.5 Å². The Labute approximate surface area is 104 Å². The molecule has 0 saturated heterocycles. The predicted molar refractivity (Wildman–Crippen MR) is 65.2 cm³/mol. The SMILES string of the molecule is CC(O)CCCNc1cc(Cl)nc2ncnn12. The van der Waals surface area contributed by atoms with Crippen LogP contribution in [-0.4, -0.2) is 37.3 Å². The number of aliphatic hydroxyl groups excluding tert-OH is 1. The topological polar surface area (TPSA) is 75.3 Å². The molecule has 6 nitrogen and oxygen atoms in total. The standard InChI is InChI=1S/C10H14ClN5O/c1-7(17)3-2-4-12-9-5-8(11)15-10-13-6-14-16(9)10/h5-7,12,17H,2-4H2,1H3. The smallest absolute Gasteiger partial charge is 0.255 e. The summed E-state index contributed by atoms with van der Waals surface area (Å²) in [5.74, 6) is 1.22. The fourth-order valence-corrected chi connectivity index (χ4v) is 1.70. The maximum Gasteiger partial charge on any atom is 0.255 e. The molecule has 0 aliphatic heterocycles. The fourth-order valence-electron chi connectivity index (χ4n) is 1.52. The maximum atomic E-state index is 9.15. The summed E-state index contributed by atoms with van der Waals surface area (Å²) in [4.78, 5) is 8.00. The van der Waals surface area contributed by atoms with Crippen molar-refractivity contribution < 1.29 is 5.11 Å². The lowest BCUT2D eigenvalue weighted by Crippen LogP contribution is -2.10. The van der Waals surface area contributed by atoms with E-state index in [-0.39, 0.29) is 6.10 Å². The third kappa shape index (κ3) is 3.04. The van der Waals surface area contributed by atoms with Gasteiger partial charge >= 0.3 is 0 Å². The summed E-state index contributed by atoms with van der Waals surface area (Å²) >= 11 is 5.87. The van der Waals surface area contributed by atoms with Crippen molar-refractivity contribution >= 4 is 23.2 Å². The van der Waals surface area contributed by atoms with Gasteiger partial charge in [-0.3, -0.25) is 0 Å². The first-order chi connectivity index (χ1) is 8.16. The number of nitrogens with zero attached hydrogens (tertiary/aromatic N) is 4. The molecule has 2 N–H and O–H groups in total. The molecule has 1 atom stereocenters. The zero-order chi connectivity index (χ0) is 12.3. The van der Waals surface area contributed by atoms with E-state index < -0.39 is 0 Å². The van der Waals surface area contributed by atoms with Gasteiger partial charge in [0.2, 0.25) is 0 Å². The minimum atomic E-state index is -0.274. The largest absolute Gasteiger partial charge is 0.393 e. The van der Waals surface area contributed by atoms with Gasteiger partial charge in [0.05, 0.1) is 6.10 Å². The van der Waals surface area contributed by atoms with Crippen molar-refractivity contribution in [3.05, 3.63) is 17.5 Å². The first kappa shape index (κ1) is 12.1. The Bertz CT molecular complexity index is 498. The molecule has 2 rings (SSSR count). The summed E-state index contributed by atoms with van der Waals surface area (Å²) in [5, 5.41) is 16.8. The third-order valence-corrected chi connectivity index (χ3v) is 2.52. The molecule has 0 aliphatic rings. The number of fused-ring (bicyclic) bond motifs is 1. The molecule has 0 bridgehead atoms. The van der Waals surface area contributed by atoms with Crippen molar-refractivity contribution in [3.8, 4) is 0 Å². The van der Waals surface area contributed by atoms with Crippen LogP contribution in [0.5, 0.6) is 0 Å². The van der Waals surface area contributed by atoms with E-state index in [1.165, 1.54) is 6.33 Å². The Balaban J connectivity index is 2.04. The van der Waals surface area contributed by atoms with Crippen molar-refractivity contribution in [2.24, 2.45) is 0 Å². The summed E-state index contributed by atoms with van der Waals surface area (Å²) in [5.41, 5.74) is 0. The molecule has 92 valence electrons. The normalized spacial score (nSPS) is 12.9. The Kier molecular flexibility index (Phi) is 3.75. The number of hydrogen-bond acceptors (Lipinski definition) is 5. The predicted octanol–water partition coefficient (Wildman–Crippen LogP) is 1.35. The van der Waals surface area contributed by atoms with E-state index in [4.69, 9.17) is 16.7 Å². The summed E-state index contributed by atoms with van der Waals surface area (Å²) in [6.07, 6.45) is 2.78. The summed E-state index contributed by atoms with van der Waals surface area (Å²) in [6.45, 7) is 2.51. The van der Waals surface area contributed by atoms with E-state index >= 15 is 0 Å². The van der Waals surface area contributed by atoms with E-state index in [0.717, 1.165) is 25.2 Å². The highest BCUT2D eigenvalue weighted by atomic mass is 35.5. The van der Waals surface area contributed by atoms with Crippen LogP contribution >= 0.6 is 11.6 Å². The minimum Gasteiger partial charge on any atom is -0.393 e. The van der Waals surface area contributed by atoms with Crippen molar-refractivity contribution in [1.29, 1.82) is 0 Å². The molecule has 1 unspecified atom stereocenters. The van der Waals surface area contributed by atoms with Crippen LogP contribution in [0.3, 0.4) is 0 Å². The quantitative estimate of drug-likeness (QED) is 0.623. The molecule has 0 aromatic carbocycles. The number of aromatic nitrogens is 4. The zero-order valence-corrected chi connectivity index (χ0v) is 10.2. The van der Waals surface area contributed by atoms with Crippen LogP contribution in [-0.2, 0) is 0 Å². The van der Waals surface area contributed by atoms with Crippen LogP contribution in [0, 0.1) is 0 Å². The molecule has 2 aromatic rings. The van der Waals surface area contributed by atoms with Crippen LogP contribution in [0.4, 0.5) is 5.82 Å². The number of aliphatic hydroxyl groups is 1. The van der Waals surface area contributed by atoms with Gasteiger partial charge in [-0.1, -0.05) is 11.6 Å². The Hall–Kier alpha value is -1.40. The summed E-state index contributed by atoms with van der Waals surface area (Å²) in [7, 11) is 0. The van der Waals surface area contributed by atoms with E-state index in [0.29, 0.717) is 10.9 Å². The lowest BCUT2D eigenvalue weighted by Gasteiger charge is -2.08. The molecule has 2 aromatic heterocycles. The van der Waals surface area contributed by atoms with Crippen LogP contribution in [0.25, 0.3) is 5.78 Å². The minimum absolute atomic E-state index is 0.274. The average molecular weight is 256 g/mol. The molecule has 0 spiro atoms. The number of nitrogens with one attached hydrogen (secondary N) is 1. The molecule has 0 aliphatic carbocycles. The Morgan fingerprint density at radius 3 is 3.18 bits per heavy atom. The van der Waals surface area contributed by atoms with Gasteiger partial charge in [-0.25, -0.2) is 0 Å². The first-order valence-electron chi connectivity index (χ1n) is 5.45. The second-order valence-corrected chi connectivity index (χ2v) is 4.24. The average Bonchev–Trinajstić information content (AvgIpc) is 2.71. The van der Waals surface area contributed by atoms with Crippen molar-refractivity contribution in [3.63, 3.8) is 0 Å². The molecular weight excluding hydrogens is 242 g/mol. The van der Waals surface area contributed by atoms with Crippen molar-refractivity contribution in [2.45, 2.75) is 25.9 Å². The Morgan fingerprint density at radius 2 is 2.41 bits per heavy atom. The van der Waals surface area contributed by atoms with Gasteiger partial charge in [-0.05, 0) is 19.8 Å². The van der Waals surface area contributed by atoms with Crippen LogP contribution in [0.1, 0.15) is 19.8 Å². The van der Waals surface area contributed by atoms with Gasteiger partial charge in [0.15, 0.2) is 0 Å². The lowest BCUT2D eigenvalue weighted by molar-refractivity contribution is 0.183. The van der Waals surface area contributed by atoms with Gasteiger partial charge in [-0.2, -0.15) is 19.6 Å². The Morgan fingerprint density at radius 1 is 1.59 bits per heavy atom. The molecule has 0 amide bonds. The van der Waals surface area contributed by atoms with E-state index in [2.05, 4.69) is 20.4 Å². The number of rotatable bonds is 5. The number of halogens is 1. The number of hydrogen-bond donors (Lipinski definition) is 2. The zero-order valence-electron chi connectivity index (χ0n) is 9.47. The monoisotopic (exact) mass is 255 g/mol. The lowest BCUT2D eigenvalue weighted by atomic mass is 10.2. The molecule has 7 heteroatoms. The molecule has 17 heavy (non-hydrogen) atoms. The molecule has 0 fully saturated rings. The van der Waals surface area contributed by atoms with Crippen LogP contribution < -0.4 is 5.32 Å². The van der Waals surface area contributed by atoms with Gasteiger partial charge in [0, 0.05) is 12.6 Å². The second-order valence-electron chi connectivity index (χ2n) is 3.85. The first-order valence-corrected chi connectivity index (χ1v) is 5.83. The molecular formula is C10H14ClN5O. The third-order valence-electron chi connectivity index (χ3n) is 2.33. The van der Waals surface area contributed by atoms with Gasteiger partial charge < -0.3 is 10.4 Å². The second kappa shape index (κ2) is 5.29. The van der Waals surface area contributed by atoms with E-state index in [1.807, 2.05) is 0 Å². The van der Waals surface area contributed by atoms with Gasteiger partial charge in [0.1, 0.15) is 17.3 Å². The van der Waals surface area contributed by atoms with Gasteiger partial charge in [-0.15, -0.1) is 0 Å². The van der Waals surface area contributed by atoms with Crippen LogP contribution in [0.15, 0.2) is 12.4 Å². The highest BCUT2D eigenvalue weighted by Gasteiger charge is 2.05. The summed E-state index contributed by atoms with van der Waals surface area (Å²) < 4.78 is 1.59. The fraction of sp³-hybridized carbons (Fsp3) is 0.500. The van der Waals surface area contributed by atoms with Crippen molar-refractivity contribution in [2.75, 3.05) is 11.9 Å². The highest BCUT2D eigenvalue weighted by molar-refractivity contribution is 6.29. The van der Waals surface area contributed by atoms with Gasteiger partial charge in [0.25, 0.3) is 5.78 Å². The summed E-state index contributed by atoms with van der Waals surface area (Å²) in [6, 6.07) is 1.70. The highest BCUT2D eigenvalue weighted by Crippen LogP contribution is 2.14. The molecule has 0 radical (unpaired) electrons. The van der Waals surface area contributed by atoms with E-state index in [9.17, 15) is 0 Å². The molecule has 2 heterocycles. The maximum absolute atomic E-state index is 9.15. The van der Waals surface area contributed by atoms with Crippen LogP contribution in [0.2, 0.25) is 5.15 Å².